The number of hydrogen-bond acceptors (Lipinski definition) is 3. The molecule has 0 atom stereocenters. The molecule has 1 heterocycles. The zero-order valence-electron chi connectivity index (χ0n) is 12.0. The summed E-state index contributed by atoms with van der Waals surface area (Å²) < 4.78 is 0. The van der Waals surface area contributed by atoms with Gasteiger partial charge < -0.3 is 21.3 Å². The van der Waals surface area contributed by atoms with Gasteiger partial charge >= 0.3 is 6.03 Å². The molecule has 3 amide bonds. The Morgan fingerprint density at radius 2 is 1.86 bits per heavy atom. The third-order valence-corrected chi connectivity index (χ3v) is 3.69. The maximum absolute atomic E-state index is 11.8. The second-order valence-corrected chi connectivity index (χ2v) is 5.24. The predicted molar refractivity (Wildman–Crippen MR) is 80.5 cm³/mol. The molecule has 0 bridgehead atoms. The molecule has 1 aliphatic rings. The predicted octanol–water partition coefficient (Wildman–Crippen LogP) is 0.436. The number of rotatable bonds is 5. The Kier molecular flexibility index (Phi) is 5.57. The summed E-state index contributed by atoms with van der Waals surface area (Å²) >= 11 is 0. The standard InChI is InChI=1S/C15H22N4O2/c16-15(21)19-8-6-13(7-9-19)17-11-14(20)18-10-12-4-2-1-3-5-12/h1-5,13,17H,6-11H2,(H2,16,21)(H,18,20). The fourth-order valence-corrected chi connectivity index (χ4v) is 2.40. The molecule has 21 heavy (non-hydrogen) atoms. The van der Waals surface area contributed by atoms with Crippen LogP contribution in [0.4, 0.5) is 4.79 Å². The molecule has 4 N–H and O–H groups in total. The average Bonchev–Trinajstić information content (AvgIpc) is 2.52. The highest BCUT2D eigenvalue weighted by atomic mass is 16.2. The highest BCUT2D eigenvalue weighted by molar-refractivity contribution is 5.78. The van der Waals surface area contributed by atoms with E-state index >= 15 is 0 Å². The number of piperidine rings is 1. The lowest BCUT2D eigenvalue weighted by atomic mass is 10.1. The Bertz CT molecular complexity index is 470. The SMILES string of the molecule is NC(=O)N1CCC(NCC(=O)NCc2ccccc2)CC1. The van der Waals surface area contributed by atoms with Crippen molar-refractivity contribution in [2.24, 2.45) is 5.73 Å². The lowest BCUT2D eigenvalue weighted by molar-refractivity contribution is -0.120. The molecule has 6 heteroatoms. The number of primary amides is 1. The Morgan fingerprint density at radius 1 is 1.19 bits per heavy atom. The van der Waals surface area contributed by atoms with Crippen LogP contribution in [-0.2, 0) is 11.3 Å². The van der Waals surface area contributed by atoms with Gasteiger partial charge in [-0.3, -0.25) is 4.79 Å². The molecule has 114 valence electrons. The number of amides is 3. The summed E-state index contributed by atoms with van der Waals surface area (Å²) in [6.45, 7) is 2.15. The molecule has 6 nitrogen and oxygen atoms in total. The second-order valence-electron chi connectivity index (χ2n) is 5.24. The van der Waals surface area contributed by atoms with E-state index in [2.05, 4.69) is 10.6 Å². The number of nitrogens with two attached hydrogens (primary N) is 1. The molecule has 2 rings (SSSR count). The Morgan fingerprint density at radius 3 is 2.48 bits per heavy atom. The molecular formula is C15H22N4O2. The van der Waals surface area contributed by atoms with Gasteiger partial charge in [0.2, 0.25) is 5.91 Å². The van der Waals surface area contributed by atoms with Crippen LogP contribution in [0.25, 0.3) is 0 Å². The van der Waals surface area contributed by atoms with Gasteiger partial charge in [0.05, 0.1) is 6.54 Å². The van der Waals surface area contributed by atoms with Crippen molar-refractivity contribution in [2.45, 2.75) is 25.4 Å². The Labute approximate surface area is 124 Å². The molecule has 1 aromatic rings. The van der Waals surface area contributed by atoms with Crippen LogP contribution < -0.4 is 16.4 Å². The summed E-state index contributed by atoms with van der Waals surface area (Å²) in [5, 5.41) is 6.11. The van der Waals surface area contributed by atoms with Crippen LogP contribution in [-0.4, -0.2) is 42.5 Å². The first-order valence-electron chi connectivity index (χ1n) is 7.23. The maximum atomic E-state index is 11.8. The number of nitrogens with zero attached hydrogens (tertiary/aromatic N) is 1. The quantitative estimate of drug-likeness (QED) is 0.735. The van der Waals surface area contributed by atoms with Gasteiger partial charge in [-0.2, -0.15) is 0 Å². The van der Waals surface area contributed by atoms with Gasteiger partial charge in [-0.1, -0.05) is 30.3 Å². The van der Waals surface area contributed by atoms with Gasteiger partial charge in [-0.05, 0) is 18.4 Å². The summed E-state index contributed by atoms with van der Waals surface area (Å²) in [5.74, 6) is -0.0174. The lowest BCUT2D eigenvalue weighted by Gasteiger charge is -2.31. The van der Waals surface area contributed by atoms with Crippen molar-refractivity contribution in [2.75, 3.05) is 19.6 Å². The van der Waals surface area contributed by atoms with E-state index in [1.54, 1.807) is 4.90 Å². The van der Waals surface area contributed by atoms with Gasteiger partial charge in [-0.25, -0.2) is 4.79 Å². The smallest absolute Gasteiger partial charge is 0.314 e. The van der Waals surface area contributed by atoms with E-state index < -0.39 is 0 Å². The van der Waals surface area contributed by atoms with Gasteiger partial charge in [-0.15, -0.1) is 0 Å². The number of carbonyl (C=O) groups is 2. The molecule has 0 unspecified atom stereocenters. The fraction of sp³-hybridized carbons (Fsp3) is 0.467. The van der Waals surface area contributed by atoms with Crippen LogP contribution in [0.5, 0.6) is 0 Å². The molecular weight excluding hydrogens is 268 g/mol. The highest BCUT2D eigenvalue weighted by Gasteiger charge is 2.21. The number of urea groups is 1. The monoisotopic (exact) mass is 290 g/mol. The topological polar surface area (TPSA) is 87.5 Å². The summed E-state index contributed by atoms with van der Waals surface area (Å²) in [6.07, 6.45) is 1.66. The minimum absolute atomic E-state index is 0.0174. The largest absolute Gasteiger partial charge is 0.351 e. The van der Waals surface area contributed by atoms with Crippen LogP contribution in [0.15, 0.2) is 30.3 Å². The molecule has 0 spiro atoms. The fourth-order valence-electron chi connectivity index (χ4n) is 2.40. The molecule has 1 fully saturated rings. The van der Waals surface area contributed by atoms with Crippen molar-refractivity contribution in [3.63, 3.8) is 0 Å². The van der Waals surface area contributed by atoms with Gasteiger partial charge in [0.15, 0.2) is 0 Å². The Balaban J connectivity index is 1.62. The summed E-state index contributed by atoms with van der Waals surface area (Å²) in [6, 6.07) is 9.71. The maximum Gasteiger partial charge on any atom is 0.314 e. The summed E-state index contributed by atoms with van der Waals surface area (Å²) in [5.41, 5.74) is 6.32. The van der Waals surface area contributed by atoms with Crippen LogP contribution in [0.2, 0.25) is 0 Å². The minimum atomic E-state index is -0.367. The first kappa shape index (κ1) is 15.3. The second kappa shape index (κ2) is 7.64. The van der Waals surface area contributed by atoms with Crippen molar-refractivity contribution in [1.29, 1.82) is 0 Å². The third-order valence-electron chi connectivity index (χ3n) is 3.69. The highest BCUT2D eigenvalue weighted by Crippen LogP contribution is 2.09. The number of carbonyl (C=O) groups excluding carboxylic acids is 2. The van der Waals surface area contributed by atoms with Crippen LogP contribution in [0, 0.1) is 0 Å². The first-order chi connectivity index (χ1) is 10.1. The van der Waals surface area contributed by atoms with E-state index in [-0.39, 0.29) is 18.0 Å². The normalized spacial score (nSPS) is 15.7. The minimum Gasteiger partial charge on any atom is -0.351 e. The Hall–Kier alpha value is -2.08. The number of likely N-dealkylation sites (tertiary alicyclic amines) is 1. The number of hydrogen-bond donors (Lipinski definition) is 3. The first-order valence-corrected chi connectivity index (χ1v) is 7.23. The van der Waals surface area contributed by atoms with E-state index in [0.717, 1.165) is 18.4 Å². The molecule has 1 aromatic carbocycles. The van der Waals surface area contributed by atoms with Gasteiger partial charge in [0.1, 0.15) is 0 Å². The van der Waals surface area contributed by atoms with Crippen molar-refractivity contribution in [1.82, 2.24) is 15.5 Å². The van der Waals surface area contributed by atoms with E-state index in [1.807, 2.05) is 30.3 Å². The van der Waals surface area contributed by atoms with Gasteiger partial charge in [0.25, 0.3) is 0 Å². The van der Waals surface area contributed by atoms with Crippen LogP contribution in [0.3, 0.4) is 0 Å². The average molecular weight is 290 g/mol. The third kappa shape index (κ3) is 5.07. The van der Waals surface area contributed by atoms with Crippen LogP contribution in [0.1, 0.15) is 18.4 Å². The molecule has 0 aromatic heterocycles. The number of nitrogens with one attached hydrogen (secondary N) is 2. The molecule has 0 radical (unpaired) electrons. The summed E-state index contributed by atoms with van der Waals surface area (Å²) in [4.78, 5) is 24.4. The zero-order valence-corrected chi connectivity index (χ0v) is 12.0. The van der Waals surface area contributed by atoms with Crippen molar-refractivity contribution in [3.05, 3.63) is 35.9 Å². The van der Waals surface area contributed by atoms with Crippen molar-refractivity contribution < 1.29 is 9.59 Å². The summed E-state index contributed by atoms with van der Waals surface area (Å²) in [7, 11) is 0. The van der Waals surface area contributed by atoms with Crippen molar-refractivity contribution >= 4 is 11.9 Å². The molecule has 0 saturated carbocycles. The van der Waals surface area contributed by atoms with Crippen LogP contribution >= 0.6 is 0 Å². The molecule has 1 saturated heterocycles. The lowest BCUT2D eigenvalue weighted by Crippen LogP contribution is -2.48. The van der Waals surface area contributed by atoms with E-state index in [1.165, 1.54) is 0 Å². The van der Waals surface area contributed by atoms with E-state index in [0.29, 0.717) is 26.2 Å². The molecule has 0 aliphatic carbocycles. The molecule has 1 aliphatic heterocycles. The van der Waals surface area contributed by atoms with Crippen molar-refractivity contribution in [3.8, 4) is 0 Å². The van der Waals surface area contributed by atoms with E-state index in [9.17, 15) is 9.59 Å². The van der Waals surface area contributed by atoms with Gasteiger partial charge in [0, 0.05) is 25.7 Å². The number of benzene rings is 1. The van der Waals surface area contributed by atoms with E-state index in [4.69, 9.17) is 5.73 Å². The zero-order chi connectivity index (χ0) is 15.1.